The van der Waals surface area contributed by atoms with Crippen LogP contribution in [0.15, 0.2) is 58.4 Å². The molecule has 0 radical (unpaired) electrons. The number of rotatable bonds is 5. The fraction of sp³-hybridized carbons (Fsp3) is 0.333. The quantitative estimate of drug-likeness (QED) is 0.674. The Labute approximate surface area is 175 Å². The molecule has 1 aliphatic heterocycles. The van der Waals surface area contributed by atoms with E-state index in [-0.39, 0.29) is 23.6 Å². The van der Waals surface area contributed by atoms with Gasteiger partial charge in [0.05, 0.1) is 17.9 Å². The molecular formula is C21H24N4O4S. The first-order valence-corrected chi connectivity index (χ1v) is 11.4. The van der Waals surface area contributed by atoms with Crippen LogP contribution < -0.4 is 9.86 Å². The third kappa shape index (κ3) is 3.78. The molecular weight excluding hydrogens is 404 g/mol. The maximum absolute atomic E-state index is 13.1. The number of ether oxygens (including phenoxy) is 1. The van der Waals surface area contributed by atoms with E-state index in [1.165, 1.54) is 27.3 Å². The van der Waals surface area contributed by atoms with Crippen molar-refractivity contribution in [2.45, 2.75) is 37.7 Å². The van der Waals surface area contributed by atoms with Crippen LogP contribution in [0.4, 0.5) is 5.69 Å². The summed E-state index contributed by atoms with van der Waals surface area (Å²) >= 11 is 0. The van der Waals surface area contributed by atoms with E-state index in [0.717, 1.165) is 25.0 Å². The van der Waals surface area contributed by atoms with Crippen molar-refractivity contribution in [2.24, 2.45) is 0 Å². The molecule has 0 bridgehead atoms. The van der Waals surface area contributed by atoms with E-state index in [1.54, 1.807) is 31.2 Å². The maximum Gasteiger partial charge on any atom is 0.278 e. The predicted octanol–water partition coefficient (Wildman–Crippen LogP) is 2.63. The van der Waals surface area contributed by atoms with Gasteiger partial charge in [0, 0.05) is 25.0 Å². The van der Waals surface area contributed by atoms with Gasteiger partial charge in [0.1, 0.15) is 4.90 Å². The van der Waals surface area contributed by atoms with E-state index in [4.69, 9.17) is 4.74 Å². The van der Waals surface area contributed by atoms with E-state index < -0.39 is 10.0 Å². The first-order valence-electron chi connectivity index (χ1n) is 9.97. The fourth-order valence-electron chi connectivity index (χ4n) is 3.58. The highest BCUT2D eigenvalue weighted by Gasteiger charge is 2.24. The average Bonchev–Trinajstić information content (AvgIpc) is 3.03. The molecule has 2 aromatic heterocycles. The number of nitrogens with one attached hydrogen (secondary N) is 1. The molecule has 0 spiro atoms. The lowest BCUT2D eigenvalue weighted by Gasteiger charge is -2.22. The van der Waals surface area contributed by atoms with Crippen LogP contribution >= 0.6 is 0 Å². The Morgan fingerprint density at radius 1 is 1.17 bits per heavy atom. The SMILES string of the molecule is CCN(c1ccccc1)S(=O)(=O)c1ccc(-n2[nH]c3c(c2=O)COCCCC3)nc1. The summed E-state index contributed by atoms with van der Waals surface area (Å²) in [4.78, 5) is 17.1. The number of sulfonamides is 1. The smallest absolute Gasteiger partial charge is 0.278 e. The number of aromatic amines is 1. The molecule has 0 unspecified atom stereocenters. The number of pyridine rings is 1. The number of nitrogens with zero attached hydrogens (tertiary/aromatic N) is 3. The van der Waals surface area contributed by atoms with E-state index in [2.05, 4.69) is 10.1 Å². The molecule has 9 heteroatoms. The monoisotopic (exact) mass is 428 g/mol. The predicted molar refractivity (Wildman–Crippen MR) is 113 cm³/mol. The van der Waals surface area contributed by atoms with Gasteiger partial charge >= 0.3 is 0 Å². The number of benzene rings is 1. The van der Waals surface area contributed by atoms with Gasteiger partial charge in [-0.25, -0.2) is 18.1 Å². The Morgan fingerprint density at radius 3 is 2.67 bits per heavy atom. The van der Waals surface area contributed by atoms with Crippen molar-refractivity contribution in [3.63, 3.8) is 0 Å². The number of anilines is 1. The summed E-state index contributed by atoms with van der Waals surface area (Å²) in [5.74, 6) is 0.341. The van der Waals surface area contributed by atoms with Crippen LogP contribution in [-0.4, -0.2) is 36.3 Å². The summed E-state index contributed by atoms with van der Waals surface area (Å²) in [6, 6.07) is 11.9. The van der Waals surface area contributed by atoms with E-state index in [0.29, 0.717) is 23.7 Å². The normalized spacial score (nSPS) is 14.6. The minimum atomic E-state index is -3.77. The molecule has 8 nitrogen and oxygen atoms in total. The molecule has 0 saturated carbocycles. The lowest BCUT2D eigenvalue weighted by atomic mass is 10.1. The zero-order chi connectivity index (χ0) is 21.1. The Morgan fingerprint density at radius 2 is 1.97 bits per heavy atom. The van der Waals surface area contributed by atoms with E-state index in [9.17, 15) is 13.2 Å². The van der Waals surface area contributed by atoms with Crippen molar-refractivity contribution in [3.8, 4) is 5.82 Å². The van der Waals surface area contributed by atoms with Gasteiger partial charge in [-0.3, -0.25) is 14.2 Å². The van der Waals surface area contributed by atoms with Gasteiger partial charge in [-0.1, -0.05) is 18.2 Å². The van der Waals surface area contributed by atoms with Gasteiger partial charge in [0.2, 0.25) is 0 Å². The number of para-hydroxylation sites is 1. The zero-order valence-electron chi connectivity index (χ0n) is 16.7. The van der Waals surface area contributed by atoms with E-state index >= 15 is 0 Å². The summed E-state index contributed by atoms with van der Waals surface area (Å²) in [7, 11) is -3.77. The van der Waals surface area contributed by atoms with Crippen LogP contribution in [0, 0.1) is 0 Å². The molecule has 1 aliphatic rings. The van der Waals surface area contributed by atoms with Crippen molar-refractivity contribution in [2.75, 3.05) is 17.5 Å². The highest BCUT2D eigenvalue weighted by molar-refractivity contribution is 7.92. The van der Waals surface area contributed by atoms with Crippen molar-refractivity contribution >= 4 is 15.7 Å². The highest BCUT2D eigenvalue weighted by atomic mass is 32.2. The summed E-state index contributed by atoms with van der Waals surface area (Å²) in [5.41, 5.74) is 1.83. The van der Waals surface area contributed by atoms with Crippen LogP contribution in [0.2, 0.25) is 0 Å². The number of aryl methyl sites for hydroxylation is 1. The van der Waals surface area contributed by atoms with Crippen LogP contribution in [-0.2, 0) is 27.8 Å². The molecule has 3 heterocycles. The lowest BCUT2D eigenvalue weighted by Crippen LogP contribution is -2.31. The molecule has 0 atom stereocenters. The number of fused-ring (bicyclic) bond motifs is 1. The van der Waals surface area contributed by atoms with Crippen molar-refractivity contribution in [1.29, 1.82) is 0 Å². The van der Waals surface area contributed by atoms with Crippen molar-refractivity contribution in [1.82, 2.24) is 14.8 Å². The molecule has 4 rings (SSSR count). The molecule has 1 aromatic carbocycles. The Bertz CT molecular complexity index is 1170. The Kier molecular flexibility index (Phi) is 5.74. The van der Waals surface area contributed by atoms with Crippen LogP contribution in [0.1, 0.15) is 31.0 Å². The second kappa shape index (κ2) is 8.45. The van der Waals surface area contributed by atoms with Gasteiger partial charge in [-0.15, -0.1) is 0 Å². The summed E-state index contributed by atoms with van der Waals surface area (Å²) in [5, 5.41) is 3.11. The third-order valence-electron chi connectivity index (χ3n) is 5.15. The van der Waals surface area contributed by atoms with Crippen molar-refractivity contribution in [3.05, 3.63) is 70.3 Å². The minimum absolute atomic E-state index is 0.0678. The molecule has 0 saturated heterocycles. The highest BCUT2D eigenvalue weighted by Crippen LogP contribution is 2.23. The first kappa shape index (κ1) is 20.4. The second-order valence-electron chi connectivity index (χ2n) is 7.08. The molecule has 0 fully saturated rings. The number of hydrogen-bond acceptors (Lipinski definition) is 5. The third-order valence-corrected chi connectivity index (χ3v) is 7.04. The lowest BCUT2D eigenvalue weighted by molar-refractivity contribution is 0.112. The Hall–Kier alpha value is -2.91. The molecule has 0 aliphatic carbocycles. The molecule has 0 amide bonds. The van der Waals surface area contributed by atoms with Gasteiger partial charge in [-0.05, 0) is 50.5 Å². The molecule has 158 valence electrons. The zero-order valence-corrected chi connectivity index (χ0v) is 17.6. The summed E-state index contributed by atoms with van der Waals surface area (Å²) in [6.45, 7) is 2.98. The Balaban J connectivity index is 1.66. The maximum atomic E-state index is 13.1. The van der Waals surface area contributed by atoms with Crippen LogP contribution in [0.3, 0.4) is 0 Å². The minimum Gasteiger partial charge on any atom is -0.376 e. The van der Waals surface area contributed by atoms with Gasteiger partial charge in [0.25, 0.3) is 15.6 Å². The first-order chi connectivity index (χ1) is 14.5. The second-order valence-corrected chi connectivity index (χ2v) is 8.94. The number of aromatic nitrogens is 3. The largest absolute Gasteiger partial charge is 0.376 e. The summed E-state index contributed by atoms with van der Waals surface area (Å²) < 4.78 is 34.4. The van der Waals surface area contributed by atoms with Crippen molar-refractivity contribution < 1.29 is 13.2 Å². The molecule has 1 N–H and O–H groups in total. The van der Waals surface area contributed by atoms with Gasteiger partial charge in [0.15, 0.2) is 5.82 Å². The van der Waals surface area contributed by atoms with E-state index in [1.807, 2.05) is 6.07 Å². The summed E-state index contributed by atoms with van der Waals surface area (Å²) in [6.07, 6.45) is 3.95. The average molecular weight is 429 g/mol. The van der Waals surface area contributed by atoms with Crippen LogP contribution in [0.5, 0.6) is 0 Å². The number of hydrogen-bond donors (Lipinski definition) is 1. The van der Waals surface area contributed by atoms with Crippen LogP contribution in [0.25, 0.3) is 5.82 Å². The molecule has 3 aromatic rings. The van der Waals surface area contributed by atoms with Gasteiger partial charge in [-0.2, -0.15) is 0 Å². The molecule has 30 heavy (non-hydrogen) atoms. The standard InChI is InChI=1S/C21H24N4O4S/c1-2-24(16-8-4-3-5-9-16)30(27,28)17-11-12-20(22-14-17)25-21(26)18-15-29-13-7-6-10-19(18)23-25/h3-5,8-9,11-12,14,23H,2,6-7,10,13,15H2,1H3. The van der Waals surface area contributed by atoms with Gasteiger partial charge < -0.3 is 4.74 Å². The topological polar surface area (TPSA) is 97.3 Å². The number of H-pyrrole nitrogens is 1. The fourth-order valence-corrected chi connectivity index (χ4v) is 5.00.